The summed E-state index contributed by atoms with van der Waals surface area (Å²) in [5.74, 6) is 1.07. The molecule has 0 bridgehead atoms. The number of hydrogen-bond donors (Lipinski definition) is 0. The summed E-state index contributed by atoms with van der Waals surface area (Å²) in [7, 11) is 4.25. The van der Waals surface area contributed by atoms with Crippen molar-refractivity contribution in [3.8, 4) is 0 Å². The van der Waals surface area contributed by atoms with Crippen LogP contribution in [0.15, 0.2) is 60.7 Å². The molecule has 2 nitrogen and oxygen atoms in total. The minimum Gasteiger partial charge on any atom is -0.309 e. The Hall–Kier alpha value is -1.71. The zero-order valence-corrected chi connectivity index (χ0v) is 14.0. The molecule has 0 aromatic heterocycles. The number of para-hydroxylation sites is 1. The predicted octanol–water partition coefficient (Wildman–Crippen LogP) is 4.30. The van der Waals surface area contributed by atoms with Crippen LogP contribution in [0.3, 0.4) is 0 Å². The zero-order chi connectivity index (χ0) is 15.4. The Labute approximate surface area is 137 Å². The van der Waals surface area contributed by atoms with Crippen LogP contribution in [0, 0.1) is 0 Å². The second-order valence-corrected chi connectivity index (χ2v) is 6.75. The minimum absolute atomic E-state index is 1.01. The molecule has 3 heteroatoms. The van der Waals surface area contributed by atoms with Crippen molar-refractivity contribution < 1.29 is 0 Å². The van der Waals surface area contributed by atoms with Crippen LogP contribution < -0.4 is 4.31 Å². The lowest BCUT2D eigenvalue weighted by atomic mass is 10.0. The number of allylic oxidation sites excluding steroid dienone is 1. The Balaban J connectivity index is 1.90. The van der Waals surface area contributed by atoms with Gasteiger partial charge in [-0.15, -0.1) is 0 Å². The first-order valence-corrected chi connectivity index (χ1v) is 8.61. The smallest absolute Gasteiger partial charge is 0.0561 e. The van der Waals surface area contributed by atoms with Crippen LogP contribution in [0.1, 0.15) is 11.1 Å². The molecular formula is C19H22N2S. The van der Waals surface area contributed by atoms with Crippen LogP contribution in [0.25, 0.3) is 5.70 Å². The molecule has 0 saturated carbocycles. The van der Waals surface area contributed by atoms with Gasteiger partial charge in [0.1, 0.15) is 0 Å². The van der Waals surface area contributed by atoms with Gasteiger partial charge in [0.05, 0.1) is 11.4 Å². The standard InChI is InChI=1S/C19H22N2S/c1-20(2)14-15-22-21-18-11-7-6-10-17(18)12-13-19(21)16-8-4-3-5-9-16/h3-11,13H,12,14-15H2,1-2H3. The van der Waals surface area contributed by atoms with E-state index in [0.29, 0.717) is 0 Å². The third-order valence-corrected chi connectivity index (χ3v) is 4.79. The van der Waals surface area contributed by atoms with Gasteiger partial charge in [-0.3, -0.25) is 4.31 Å². The number of anilines is 1. The van der Waals surface area contributed by atoms with Crippen LogP contribution in [0.2, 0.25) is 0 Å². The van der Waals surface area contributed by atoms with Crippen molar-refractivity contribution in [3.05, 3.63) is 71.8 Å². The molecule has 1 aliphatic rings. The molecule has 0 radical (unpaired) electrons. The third-order valence-electron chi connectivity index (χ3n) is 3.77. The molecule has 0 atom stereocenters. The topological polar surface area (TPSA) is 6.48 Å². The number of nitrogens with zero attached hydrogens (tertiary/aromatic N) is 2. The van der Waals surface area contributed by atoms with Gasteiger partial charge in [-0.05, 0) is 49.7 Å². The van der Waals surface area contributed by atoms with E-state index < -0.39 is 0 Å². The zero-order valence-electron chi connectivity index (χ0n) is 13.2. The Morgan fingerprint density at radius 2 is 1.73 bits per heavy atom. The average Bonchev–Trinajstić information content (AvgIpc) is 2.55. The highest BCUT2D eigenvalue weighted by molar-refractivity contribution is 8.01. The first-order chi connectivity index (χ1) is 10.8. The molecule has 22 heavy (non-hydrogen) atoms. The fraction of sp³-hybridized carbons (Fsp3) is 0.263. The van der Waals surface area contributed by atoms with Crippen LogP contribution in [-0.2, 0) is 6.42 Å². The van der Waals surface area contributed by atoms with E-state index in [4.69, 9.17) is 0 Å². The lowest BCUT2D eigenvalue weighted by molar-refractivity contribution is 0.437. The summed E-state index contributed by atoms with van der Waals surface area (Å²) in [5, 5.41) is 0. The van der Waals surface area contributed by atoms with Gasteiger partial charge >= 0.3 is 0 Å². The fourth-order valence-electron chi connectivity index (χ4n) is 2.60. The van der Waals surface area contributed by atoms with Crippen molar-refractivity contribution in [2.75, 3.05) is 30.7 Å². The van der Waals surface area contributed by atoms with E-state index in [1.807, 2.05) is 11.9 Å². The monoisotopic (exact) mass is 310 g/mol. The van der Waals surface area contributed by atoms with E-state index in [-0.39, 0.29) is 0 Å². The SMILES string of the molecule is CN(C)CCSN1C(c2ccccc2)=CCc2ccccc21. The van der Waals surface area contributed by atoms with Gasteiger partial charge in [-0.25, -0.2) is 0 Å². The summed E-state index contributed by atoms with van der Waals surface area (Å²) in [4.78, 5) is 2.23. The van der Waals surface area contributed by atoms with Gasteiger partial charge in [-0.1, -0.05) is 54.6 Å². The van der Waals surface area contributed by atoms with Crippen LogP contribution in [0.5, 0.6) is 0 Å². The lowest BCUT2D eigenvalue weighted by Crippen LogP contribution is -2.22. The van der Waals surface area contributed by atoms with Gasteiger partial charge in [0.2, 0.25) is 0 Å². The summed E-state index contributed by atoms with van der Waals surface area (Å²) >= 11 is 1.89. The molecule has 0 N–H and O–H groups in total. The molecule has 1 heterocycles. The molecule has 0 aliphatic carbocycles. The van der Waals surface area contributed by atoms with Gasteiger partial charge in [0.25, 0.3) is 0 Å². The Kier molecular flexibility index (Phi) is 4.86. The summed E-state index contributed by atoms with van der Waals surface area (Å²) in [5.41, 5.74) is 5.32. The molecule has 0 fully saturated rings. The van der Waals surface area contributed by atoms with Crippen molar-refractivity contribution in [2.24, 2.45) is 0 Å². The first-order valence-electron chi connectivity index (χ1n) is 7.67. The molecule has 0 saturated heterocycles. The molecule has 2 aromatic rings. The van der Waals surface area contributed by atoms with Gasteiger partial charge in [0, 0.05) is 12.3 Å². The fourth-order valence-corrected chi connectivity index (χ4v) is 3.86. The maximum atomic E-state index is 2.40. The predicted molar refractivity (Wildman–Crippen MR) is 98.1 cm³/mol. The van der Waals surface area contributed by atoms with Crippen molar-refractivity contribution in [2.45, 2.75) is 6.42 Å². The highest BCUT2D eigenvalue weighted by Crippen LogP contribution is 2.38. The highest BCUT2D eigenvalue weighted by Gasteiger charge is 2.21. The van der Waals surface area contributed by atoms with E-state index in [2.05, 4.69) is 84.0 Å². The maximum Gasteiger partial charge on any atom is 0.0561 e. The first kappa shape index (κ1) is 15.2. The quantitative estimate of drug-likeness (QED) is 0.760. The molecule has 114 valence electrons. The average molecular weight is 310 g/mol. The van der Waals surface area contributed by atoms with E-state index >= 15 is 0 Å². The number of rotatable bonds is 5. The van der Waals surface area contributed by atoms with E-state index in [9.17, 15) is 0 Å². The van der Waals surface area contributed by atoms with Gasteiger partial charge < -0.3 is 4.90 Å². The van der Waals surface area contributed by atoms with E-state index in [0.717, 1.165) is 18.7 Å². The van der Waals surface area contributed by atoms with E-state index in [1.165, 1.54) is 22.5 Å². The second kappa shape index (κ2) is 7.03. The van der Waals surface area contributed by atoms with Crippen molar-refractivity contribution >= 4 is 23.3 Å². The highest BCUT2D eigenvalue weighted by atomic mass is 32.2. The summed E-state index contributed by atoms with van der Waals surface area (Å²) in [6.07, 6.45) is 3.35. The molecule has 0 unspecified atom stereocenters. The summed E-state index contributed by atoms with van der Waals surface area (Å²) in [6, 6.07) is 19.4. The number of hydrogen-bond acceptors (Lipinski definition) is 3. The van der Waals surface area contributed by atoms with E-state index in [1.54, 1.807) is 0 Å². The Morgan fingerprint density at radius 1 is 1.00 bits per heavy atom. The third kappa shape index (κ3) is 3.37. The largest absolute Gasteiger partial charge is 0.309 e. The normalized spacial score (nSPS) is 14.0. The Bertz CT molecular complexity index is 649. The van der Waals surface area contributed by atoms with Crippen LogP contribution in [-0.4, -0.2) is 31.3 Å². The molecule has 0 spiro atoms. The van der Waals surface area contributed by atoms with Crippen LogP contribution >= 0.6 is 11.9 Å². The van der Waals surface area contributed by atoms with Crippen molar-refractivity contribution in [1.29, 1.82) is 0 Å². The lowest BCUT2D eigenvalue weighted by Gasteiger charge is -2.32. The summed E-state index contributed by atoms with van der Waals surface area (Å²) < 4.78 is 2.40. The molecule has 3 rings (SSSR count). The van der Waals surface area contributed by atoms with Crippen LogP contribution in [0.4, 0.5) is 5.69 Å². The minimum atomic E-state index is 1.01. The molecular weight excluding hydrogens is 288 g/mol. The van der Waals surface area contributed by atoms with Gasteiger partial charge in [0.15, 0.2) is 0 Å². The number of benzene rings is 2. The van der Waals surface area contributed by atoms with Crippen molar-refractivity contribution in [1.82, 2.24) is 4.90 Å². The molecule has 1 aliphatic heterocycles. The Morgan fingerprint density at radius 3 is 2.50 bits per heavy atom. The van der Waals surface area contributed by atoms with Crippen molar-refractivity contribution in [3.63, 3.8) is 0 Å². The summed E-state index contributed by atoms with van der Waals surface area (Å²) in [6.45, 7) is 1.07. The number of fused-ring (bicyclic) bond motifs is 1. The molecule has 0 amide bonds. The van der Waals surface area contributed by atoms with Gasteiger partial charge in [-0.2, -0.15) is 0 Å². The maximum absolute atomic E-state index is 2.40. The molecule has 2 aromatic carbocycles. The second-order valence-electron chi connectivity index (χ2n) is 5.72.